The van der Waals surface area contributed by atoms with E-state index in [4.69, 9.17) is 16.7 Å². The largest absolute Gasteiger partial charge is 0.396 e. The van der Waals surface area contributed by atoms with E-state index in [2.05, 4.69) is 20.9 Å². The maximum Gasteiger partial charge on any atom is 0.136 e. The average Bonchev–Trinajstić information content (AvgIpc) is 2.61. The Hall–Kier alpha value is -0.840. The SMILES string of the molecule is Cc1ccc(Br)cc1-c1nc(CCO)n(C)c1Cl. The highest BCUT2D eigenvalue weighted by Gasteiger charge is 2.16. The number of hydrogen-bond acceptors (Lipinski definition) is 2. The van der Waals surface area contributed by atoms with Crippen molar-refractivity contribution in [3.05, 3.63) is 39.2 Å². The van der Waals surface area contributed by atoms with Crippen molar-refractivity contribution in [2.45, 2.75) is 13.3 Å². The van der Waals surface area contributed by atoms with Crippen molar-refractivity contribution in [1.82, 2.24) is 9.55 Å². The number of aryl methyl sites for hydroxylation is 1. The Bertz CT molecular complexity index is 581. The van der Waals surface area contributed by atoms with Crippen LogP contribution in [0.4, 0.5) is 0 Å². The zero-order valence-electron chi connectivity index (χ0n) is 10.2. The third kappa shape index (κ3) is 2.46. The first-order chi connectivity index (χ1) is 8.54. The minimum Gasteiger partial charge on any atom is -0.396 e. The quantitative estimate of drug-likeness (QED) is 0.938. The van der Waals surface area contributed by atoms with Crippen molar-refractivity contribution in [2.75, 3.05) is 6.61 Å². The second kappa shape index (κ2) is 5.43. The van der Waals surface area contributed by atoms with Crippen LogP contribution in [0.1, 0.15) is 11.4 Å². The number of aromatic nitrogens is 2. The van der Waals surface area contributed by atoms with Gasteiger partial charge < -0.3 is 9.67 Å². The Balaban J connectivity index is 2.57. The fourth-order valence-electron chi connectivity index (χ4n) is 1.87. The zero-order valence-corrected chi connectivity index (χ0v) is 12.6. The molecular formula is C13H14BrClN2O. The minimum absolute atomic E-state index is 0.0675. The summed E-state index contributed by atoms with van der Waals surface area (Å²) < 4.78 is 2.81. The van der Waals surface area contributed by atoms with Crippen LogP contribution < -0.4 is 0 Å². The van der Waals surface area contributed by atoms with E-state index in [0.29, 0.717) is 11.6 Å². The fourth-order valence-corrected chi connectivity index (χ4v) is 2.47. The molecule has 18 heavy (non-hydrogen) atoms. The number of rotatable bonds is 3. The van der Waals surface area contributed by atoms with Crippen LogP contribution in [0, 0.1) is 6.92 Å². The van der Waals surface area contributed by atoms with Crippen molar-refractivity contribution in [1.29, 1.82) is 0 Å². The lowest BCUT2D eigenvalue weighted by Gasteiger charge is -2.04. The number of halogens is 2. The smallest absolute Gasteiger partial charge is 0.136 e. The average molecular weight is 330 g/mol. The van der Waals surface area contributed by atoms with Crippen molar-refractivity contribution >= 4 is 27.5 Å². The van der Waals surface area contributed by atoms with E-state index < -0.39 is 0 Å². The van der Waals surface area contributed by atoms with Gasteiger partial charge in [-0.25, -0.2) is 4.98 Å². The summed E-state index contributed by atoms with van der Waals surface area (Å²) in [5.41, 5.74) is 2.89. The van der Waals surface area contributed by atoms with Gasteiger partial charge in [-0.15, -0.1) is 0 Å². The van der Waals surface area contributed by atoms with E-state index in [1.807, 2.05) is 36.7 Å². The summed E-state index contributed by atoms with van der Waals surface area (Å²) in [7, 11) is 1.86. The first-order valence-corrected chi connectivity index (χ1v) is 6.80. The lowest BCUT2D eigenvalue weighted by molar-refractivity contribution is 0.295. The standard InChI is InChI=1S/C13H14BrClN2O/c1-8-3-4-9(14)7-10(8)12-13(15)17(2)11(16-12)5-6-18/h3-4,7,18H,5-6H2,1-2H3. The Kier molecular flexibility index (Phi) is 4.10. The van der Waals surface area contributed by atoms with Crippen LogP contribution in [0.5, 0.6) is 0 Å². The highest BCUT2D eigenvalue weighted by Crippen LogP contribution is 2.32. The lowest BCUT2D eigenvalue weighted by atomic mass is 10.1. The molecule has 1 N–H and O–H groups in total. The van der Waals surface area contributed by atoms with Gasteiger partial charge in [-0.3, -0.25) is 0 Å². The second-order valence-electron chi connectivity index (χ2n) is 4.16. The van der Waals surface area contributed by atoms with E-state index in [-0.39, 0.29) is 6.61 Å². The van der Waals surface area contributed by atoms with Crippen LogP contribution in [0.3, 0.4) is 0 Å². The molecule has 0 saturated heterocycles. The van der Waals surface area contributed by atoms with Gasteiger partial charge in [0.25, 0.3) is 0 Å². The Morgan fingerprint density at radius 1 is 1.44 bits per heavy atom. The third-order valence-corrected chi connectivity index (χ3v) is 3.83. The molecule has 0 saturated carbocycles. The Morgan fingerprint density at radius 3 is 2.83 bits per heavy atom. The molecule has 2 rings (SSSR count). The van der Waals surface area contributed by atoms with Gasteiger partial charge in [0, 0.05) is 23.5 Å². The summed E-state index contributed by atoms with van der Waals surface area (Å²) in [4.78, 5) is 4.52. The molecule has 0 bridgehead atoms. The molecule has 0 aliphatic rings. The van der Waals surface area contributed by atoms with E-state index >= 15 is 0 Å². The topological polar surface area (TPSA) is 38.1 Å². The monoisotopic (exact) mass is 328 g/mol. The lowest BCUT2D eigenvalue weighted by Crippen LogP contribution is -2.00. The van der Waals surface area contributed by atoms with Gasteiger partial charge in [0.05, 0.1) is 6.61 Å². The van der Waals surface area contributed by atoms with Gasteiger partial charge in [0.2, 0.25) is 0 Å². The summed E-state index contributed by atoms with van der Waals surface area (Å²) in [6.07, 6.45) is 0.503. The molecule has 5 heteroatoms. The first-order valence-electron chi connectivity index (χ1n) is 5.63. The van der Waals surface area contributed by atoms with Gasteiger partial charge in [0.15, 0.2) is 0 Å². The molecule has 0 radical (unpaired) electrons. The molecule has 3 nitrogen and oxygen atoms in total. The van der Waals surface area contributed by atoms with Crippen LogP contribution in [0.2, 0.25) is 5.15 Å². The third-order valence-electron chi connectivity index (χ3n) is 2.91. The van der Waals surface area contributed by atoms with Crippen molar-refractivity contribution in [3.63, 3.8) is 0 Å². The molecule has 0 aliphatic heterocycles. The van der Waals surface area contributed by atoms with E-state index in [9.17, 15) is 0 Å². The predicted molar refractivity (Wildman–Crippen MR) is 76.9 cm³/mol. The fraction of sp³-hybridized carbons (Fsp3) is 0.308. The summed E-state index contributed by atoms with van der Waals surface area (Å²) in [6, 6.07) is 6.02. The predicted octanol–water partition coefficient (Wildman–Crippen LogP) is 3.35. The molecule has 0 fully saturated rings. The molecule has 1 aromatic carbocycles. The summed E-state index contributed by atoms with van der Waals surface area (Å²) >= 11 is 9.77. The van der Waals surface area contributed by atoms with Crippen LogP contribution in [-0.4, -0.2) is 21.3 Å². The molecule has 96 valence electrons. The van der Waals surface area contributed by atoms with Gasteiger partial charge >= 0.3 is 0 Å². The van der Waals surface area contributed by atoms with Crippen molar-refractivity contribution in [3.8, 4) is 11.3 Å². The van der Waals surface area contributed by atoms with Crippen LogP contribution in [-0.2, 0) is 13.5 Å². The molecule has 0 spiro atoms. The highest BCUT2D eigenvalue weighted by atomic mass is 79.9. The zero-order chi connectivity index (χ0) is 13.3. The van der Waals surface area contributed by atoms with Crippen LogP contribution in [0.25, 0.3) is 11.3 Å². The molecule has 0 aliphatic carbocycles. The minimum atomic E-state index is 0.0675. The summed E-state index contributed by atoms with van der Waals surface area (Å²) in [5.74, 6) is 0.789. The first kappa shape index (κ1) is 13.6. The van der Waals surface area contributed by atoms with Crippen LogP contribution in [0.15, 0.2) is 22.7 Å². The van der Waals surface area contributed by atoms with Gasteiger partial charge in [-0.1, -0.05) is 33.6 Å². The number of aliphatic hydroxyl groups excluding tert-OH is 1. The maximum atomic E-state index is 9.01. The summed E-state index contributed by atoms with van der Waals surface area (Å²) in [5, 5.41) is 9.61. The van der Waals surface area contributed by atoms with Gasteiger partial charge in [0.1, 0.15) is 16.7 Å². The number of aliphatic hydroxyl groups is 1. The maximum absolute atomic E-state index is 9.01. The Labute approximate surface area is 120 Å². The number of benzene rings is 1. The molecule has 0 amide bonds. The number of imidazole rings is 1. The Morgan fingerprint density at radius 2 is 2.17 bits per heavy atom. The highest BCUT2D eigenvalue weighted by molar-refractivity contribution is 9.10. The molecule has 1 heterocycles. The number of nitrogens with zero attached hydrogens (tertiary/aromatic N) is 2. The molecule has 0 unspecified atom stereocenters. The van der Waals surface area contributed by atoms with E-state index in [0.717, 1.165) is 27.1 Å². The normalized spacial score (nSPS) is 10.9. The molecule has 2 aromatic rings. The summed E-state index contributed by atoms with van der Waals surface area (Å²) in [6.45, 7) is 2.09. The van der Waals surface area contributed by atoms with E-state index in [1.165, 1.54) is 0 Å². The molecule has 1 aromatic heterocycles. The molecule has 0 atom stereocenters. The van der Waals surface area contributed by atoms with Gasteiger partial charge in [-0.2, -0.15) is 0 Å². The van der Waals surface area contributed by atoms with Crippen LogP contribution >= 0.6 is 27.5 Å². The van der Waals surface area contributed by atoms with Crippen molar-refractivity contribution in [2.24, 2.45) is 7.05 Å². The van der Waals surface area contributed by atoms with Gasteiger partial charge in [-0.05, 0) is 24.6 Å². The second-order valence-corrected chi connectivity index (χ2v) is 5.43. The van der Waals surface area contributed by atoms with E-state index in [1.54, 1.807) is 0 Å². The van der Waals surface area contributed by atoms with Crippen molar-refractivity contribution < 1.29 is 5.11 Å². The molecular weight excluding hydrogens is 316 g/mol. The number of hydrogen-bond donors (Lipinski definition) is 1.